The molecule has 0 amide bonds. The first-order valence-electron chi connectivity index (χ1n) is 7.72. The Morgan fingerprint density at radius 3 is 2.23 bits per heavy atom. The van der Waals surface area contributed by atoms with E-state index in [9.17, 15) is 5.11 Å². The molecule has 4 aromatic rings. The van der Waals surface area contributed by atoms with E-state index in [1.807, 2.05) is 30.3 Å². The van der Waals surface area contributed by atoms with E-state index >= 15 is 0 Å². The molecule has 0 bridgehead atoms. The zero-order valence-corrected chi connectivity index (χ0v) is 17.3. The summed E-state index contributed by atoms with van der Waals surface area (Å²) in [6.45, 7) is 0. The third-order valence-electron chi connectivity index (χ3n) is 3.87. The number of hydrogen-bond acceptors (Lipinski definition) is 4. The molecule has 4 rings (SSSR count). The monoisotopic (exact) mass is 490 g/mol. The van der Waals surface area contributed by atoms with Crippen LogP contribution in [0.1, 0.15) is 0 Å². The molecule has 3 nitrogen and oxygen atoms in total. The van der Waals surface area contributed by atoms with Crippen molar-refractivity contribution in [3.8, 4) is 33.4 Å². The normalized spacial score (nSPS) is 10.8. The van der Waals surface area contributed by atoms with E-state index in [4.69, 9.17) is 8.57 Å². The quantitative estimate of drug-likeness (QED) is 0.321. The van der Waals surface area contributed by atoms with E-state index in [1.165, 1.54) is 0 Å². The lowest BCUT2D eigenvalue weighted by Gasteiger charge is -2.08. The fourth-order valence-electron chi connectivity index (χ4n) is 2.63. The number of fused-ring (bicyclic) bond motifs is 1. The van der Waals surface area contributed by atoms with Gasteiger partial charge in [0, 0.05) is 14.6 Å². The average Bonchev–Trinajstić information content (AvgIpc) is 3.01. The minimum atomic E-state index is 0.208. The van der Waals surface area contributed by atoms with Crippen LogP contribution in [-0.4, -0.2) is 5.11 Å². The second-order valence-corrected chi connectivity index (χ2v) is 7.89. The predicted molar refractivity (Wildman–Crippen MR) is 113 cm³/mol. The Hall–Kier alpha value is -2.02. The average molecular weight is 492 g/mol. The number of hydrogen-bond donors (Lipinski definition) is 1. The summed E-state index contributed by atoms with van der Waals surface area (Å²) >= 11 is 8.15. The zero-order valence-electron chi connectivity index (χ0n) is 13.3. The Balaban J connectivity index is 1.87. The van der Waals surface area contributed by atoms with E-state index in [1.54, 1.807) is 35.6 Å². The van der Waals surface area contributed by atoms with Crippen LogP contribution in [0.5, 0.6) is 23.0 Å². The van der Waals surface area contributed by atoms with Crippen molar-refractivity contribution < 1.29 is 13.7 Å². The van der Waals surface area contributed by atoms with Crippen LogP contribution in [0, 0.1) is 0 Å². The number of halogens is 2. The zero-order chi connectivity index (χ0) is 18.1. The maximum Gasteiger partial charge on any atom is 0.179 e. The minimum absolute atomic E-state index is 0.208. The van der Waals surface area contributed by atoms with Gasteiger partial charge in [0.2, 0.25) is 0 Å². The fraction of sp³-hybridized carbons (Fsp3) is 0. The van der Waals surface area contributed by atoms with Crippen LogP contribution in [0.4, 0.5) is 0 Å². The number of ether oxygens (including phenoxy) is 1. The highest BCUT2D eigenvalue weighted by Gasteiger charge is 2.17. The van der Waals surface area contributed by atoms with Gasteiger partial charge in [0.05, 0.1) is 4.88 Å². The van der Waals surface area contributed by atoms with Gasteiger partial charge in [-0.1, -0.05) is 28.1 Å². The van der Waals surface area contributed by atoms with Gasteiger partial charge in [0.25, 0.3) is 0 Å². The second-order valence-electron chi connectivity index (χ2n) is 5.60. The van der Waals surface area contributed by atoms with Crippen molar-refractivity contribution in [3.05, 3.63) is 71.2 Å². The van der Waals surface area contributed by atoms with E-state index in [0.717, 1.165) is 36.5 Å². The molecular formula is C20H12Br2O3S. The van der Waals surface area contributed by atoms with Crippen LogP contribution in [0.3, 0.4) is 0 Å². The molecule has 0 fully saturated rings. The molecule has 3 aromatic carbocycles. The number of benzene rings is 3. The van der Waals surface area contributed by atoms with Gasteiger partial charge in [-0.25, -0.2) is 0 Å². The van der Waals surface area contributed by atoms with E-state index < -0.39 is 0 Å². The first-order chi connectivity index (χ1) is 12.6. The van der Waals surface area contributed by atoms with E-state index in [0.29, 0.717) is 5.75 Å². The molecule has 0 aliphatic rings. The van der Waals surface area contributed by atoms with E-state index in [-0.39, 0.29) is 5.75 Å². The molecule has 0 aliphatic carbocycles. The maximum absolute atomic E-state index is 9.49. The lowest BCUT2D eigenvalue weighted by Crippen LogP contribution is -1.85. The van der Waals surface area contributed by atoms with Gasteiger partial charge in [-0.3, -0.25) is 0 Å². The van der Waals surface area contributed by atoms with Gasteiger partial charge in [0.15, 0.2) is 22.0 Å². The van der Waals surface area contributed by atoms with E-state index in [2.05, 4.69) is 44.3 Å². The molecule has 1 N–H and O–H groups in total. The summed E-state index contributed by atoms with van der Waals surface area (Å²) in [4.78, 5) is 1.03. The van der Waals surface area contributed by atoms with Gasteiger partial charge >= 0.3 is 0 Å². The lowest BCUT2D eigenvalue weighted by molar-refractivity contribution is 0.467. The number of phenolic OH excluding ortho intramolecular Hbond substituents is 1. The topological polar surface area (TPSA) is 38.7 Å². The van der Waals surface area contributed by atoms with Gasteiger partial charge < -0.3 is 13.7 Å². The van der Waals surface area contributed by atoms with Crippen molar-refractivity contribution in [1.82, 2.24) is 0 Å². The fourth-order valence-corrected chi connectivity index (χ4v) is 4.26. The summed E-state index contributed by atoms with van der Waals surface area (Å²) in [5.41, 5.74) is 1.07. The van der Waals surface area contributed by atoms with Gasteiger partial charge in [-0.2, -0.15) is 0 Å². The number of phenols is 1. The van der Waals surface area contributed by atoms with Crippen LogP contribution >= 0.6 is 43.5 Å². The Morgan fingerprint density at radius 1 is 0.846 bits per heavy atom. The molecule has 0 aliphatic heterocycles. The third-order valence-corrected chi connectivity index (χ3v) is 5.95. The molecule has 0 saturated carbocycles. The summed E-state index contributed by atoms with van der Waals surface area (Å²) in [6, 6.07) is 20.7. The molecule has 130 valence electrons. The molecule has 0 spiro atoms. The lowest BCUT2D eigenvalue weighted by atomic mass is 10.1. The van der Waals surface area contributed by atoms with Gasteiger partial charge in [0.1, 0.15) is 17.2 Å². The van der Waals surface area contributed by atoms with Crippen LogP contribution in [0.25, 0.3) is 20.5 Å². The Labute approximate surface area is 171 Å². The highest BCUT2D eigenvalue weighted by molar-refractivity contribution is 9.10. The molecule has 0 atom stereocenters. The molecule has 0 unspecified atom stereocenters. The van der Waals surface area contributed by atoms with Crippen molar-refractivity contribution in [3.63, 3.8) is 0 Å². The molecule has 1 heterocycles. The Morgan fingerprint density at radius 2 is 1.54 bits per heavy atom. The third kappa shape index (κ3) is 3.45. The standard InChI is InChI=1S/C20H12Br2O3S/c21-13-3-1-12(2-4-13)20-19(24-15-7-5-14(23)6-8-15)17-10-9-16(25-22)11-18(17)26-20/h1-11,23H. The molecule has 0 saturated heterocycles. The van der Waals surface area contributed by atoms with Crippen LogP contribution in [0.2, 0.25) is 0 Å². The van der Waals surface area contributed by atoms with Crippen molar-refractivity contribution in [2.75, 3.05) is 0 Å². The highest BCUT2D eigenvalue weighted by Crippen LogP contribution is 2.47. The Kier molecular flexibility index (Phi) is 4.89. The molecular weight excluding hydrogens is 480 g/mol. The molecule has 1 aromatic heterocycles. The molecule has 6 heteroatoms. The molecule has 26 heavy (non-hydrogen) atoms. The van der Waals surface area contributed by atoms with Crippen molar-refractivity contribution in [2.45, 2.75) is 0 Å². The van der Waals surface area contributed by atoms with Crippen LogP contribution in [0.15, 0.2) is 71.2 Å². The van der Waals surface area contributed by atoms with Crippen molar-refractivity contribution in [2.24, 2.45) is 0 Å². The highest BCUT2D eigenvalue weighted by atomic mass is 79.9. The first kappa shape index (κ1) is 17.4. The number of thiophene rings is 1. The van der Waals surface area contributed by atoms with Crippen LogP contribution < -0.4 is 8.57 Å². The number of rotatable bonds is 4. The first-order valence-corrected chi connectivity index (χ1v) is 9.98. The van der Waals surface area contributed by atoms with Gasteiger partial charge in [-0.15, -0.1) is 11.3 Å². The largest absolute Gasteiger partial charge is 0.508 e. The Bertz CT molecular complexity index is 1060. The van der Waals surface area contributed by atoms with Crippen molar-refractivity contribution >= 4 is 53.6 Å². The summed E-state index contributed by atoms with van der Waals surface area (Å²) in [7, 11) is 0. The minimum Gasteiger partial charge on any atom is -0.508 e. The van der Waals surface area contributed by atoms with Crippen LogP contribution in [-0.2, 0) is 0 Å². The smallest absolute Gasteiger partial charge is 0.179 e. The summed E-state index contributed by atoms with van der Waals surface area (Å²) in [5, 5.41) is 10.5. The second kappa shape index (κ2) is 7.31. The maximum atomic E-state index is 9.49. The number of aromatic hydroxyl groups is 1. The SMILES string of the molecule is Oc1ccc(Oc2c(-c3ccc(Br)cc3)sc3cc(OBr)ccc23)cc1. The predicted octanol–water partition coefficient (Wildman–Crippen LogP) is 7.52. The molecule has 0 radical (unpaired) electrons. The van der Waals surface area contributed by atoms with Gasteiger partial charge in [-0.05, 0) is 60.2 Å². The summed E-state index contributed by atoms with van der Waals surface area (Å²) < 4.78 is 13.5. The summed E-state index contributed by atoms with van der Waals surface area (Å²) in [5.74, 6) is 2.40. The van der Waals surface area contributed by atoms with Crippen molar-refractivity contribution in [1.29, 1.82) is 0 Å². The summed E-state index contributed by atoms with van der Waals surface area (Å²) in [6.07, 6.45) is 0.